The lowest BCUT2D eigenvalue weighted by molar-refractivity contribution is -0.162. The second kappa shape index (κ2) is 13.1. The molecule has 10 nitrogen and oxygen atoms in total. The second-order valence-corrected chi connectivity index (χ2v) is 16.8. The fraction of sp³-hybridized carbons (Fsp3) is 0.619. The number of hydrogen-bond donors (Lipinski definition) is 2. The zero-order valence-electron chi connectivity index (χ0n) is 30.9. The van der Waals surface area contributed by atoms with E-state index in [9.17, 15) is 29.4 Å². The minimum atomic E-state index is -2.29. The highest BCUT2D eigenvalue weighted by Crippen LogP contribution is 2.58. The number of fused-ring (bicyclic) bond motifs is 2. The van der Waals surface area contributed by atoms with Crippen molar-refractivity contribution in [1.82, 2.24) is 9.80 Å². The number of carbonyl (C=O) groups is 4. The monoisotopic (exact) mass is 712 g/mol. The van der Waals surface area contributed by atoms with E-state index < -0.39 is 24.1 Å². The maximum Gasteiger partial charge on any atom is 0.343 e. The Kier molecular flexibility index (Phi) is 9.00. The van der Waals surface area contributed by atoms with E-state index in [2.05, 4.69) is 23.9 Å². The Balaban J connectivity index is 1.09. The summed E-state index contributed by atoms with van der Waals surface area (Å²) in [6.45, 7) is 4.75. The van der Waals surface area contributed by atoms with E-state index in [1.165, 1.54) is 26.7 Å². The van der Waals surface area contributed by atoms with Crippen molar-refractivity contribution in [3.63, 3.8) is 0 Å². The highest BCUT2D eigenvalue weighted by atomic mass is 16.6. The summed E-state index contributed by atoms with van der Waals surface area (Å²) < 4.78 is 11.8. The molecular formula is C42H52N2O8. The Labute approximate surface area is 305 Å². The lowest BCUT2D eigenvalue weighted by atomic mass is 9.52. The van der Waals surface area contributed by atoms with E-state index in [1.807, 2.05) is 12.1 Å². The number of likely N-dealkylation sites (tertiary alicyclic amines) is 2. The number of aliphatic hydroxyl groups excluding tert-OH is 2. The summed E-state index contributed by atoms with van der Waals surface area (Å²) in [6, 6.07) is 7.93. The van der Waals surface area contributed by atoms with Crippen LogP contribution >= 0.6 is 0 Å². The van der Waals surface area contributed by atoms with Crippen molar-refractivity contribution in [3.8, 4) is 11.5 Å². The smallest absolute Gasteiger partial charge is 0.343 e. The number of nitrogens with zero attached hydrogens (tertiary/aromatic N) is 2. The third-order valence-corrected chi connectivity index (χ3v) is 14.4. The molecule has 0 amide bonds. The molecular weight excluding hydrogens is 660 g/mol. The summed E-state index contributed by atoms with van der Waals surface area (Å²) in [5, 5.41) is 22.3. The van der Waals surface area contributed by atoms with Crippen molar-refractivity contribution in [1.29, 1.82) is 0 Å². The summed E-state index contributed by atoms with van der Waals surface area (Å²) in [7, 11) is 4.25. The number of rotatable bonds is 7. The summed E-state index contributed by atoms with van der Waals surface area (Å²) >= 11 is 0. The number of benzene rings is 2. The van der Waals surface area contributed by atoms with Crippen molar-refractivity contribution in [2.45, 2.75) is 126 Å². The third kappa shape index (κ3) is 5.34. The summed E-state index contributed by atoms with van der Waals surface area (Å²) in [4.78, 5) is 57.9. The van der Waals surface area contributed by atoms with Crippen LogP contribution in [0.3, 0.4) is 0 Å². The Bertz CT molecular complexity index is 1710. The van der Waals surface area contributed by atoms with Crippen LogP contribution in [0.15, 0.2) is 24.3 Å². The number of ether oxygens (including phenoxy) is 2. The van der Waals surface area contributed by atoms with Gasteiger partial charge in [0.15, 0.2) is 23.8 Å². The van der Waals surface area contributed by atoms with Crippen LogP contribution in [0, 0.1) is 11.8 Å². The SMILES string of the molecule is CC(=O)c1ccc2c(c1OC(=O)C(O)C(O)C(=O)Oc1c(C(C)=O)ccc3c1C[C@@H]1[C@@H]4CCCC[C@]34CCN1C)C[C@@H]1[C@@H]3CCCC[C@]23CCN1C. The van der Waals surface area contributed by atoms with Crippen molar-refractivity contribution in [2.75, 3.05) is 27.2 Å². The van der Waals surface area contributed by atoms with Gasteiger partial charge < -0.3 is 29.5 Å². The number of carbonyl (C=O) groups excluding carboxylic acids is 4. The van der Waals surface area contributed by atoms with Crippen molar-refractivity contribution < 1.29 is 38.9 Å². The van der Waals surface area contributed by atoms with Gasteiger partial charge in [-0.2, -0.15) is 0 Å². The van der Waals surface area contributed by atoms with Gasteiger partial charge in [-0.05, 0) is 127 Å². The zero-order valence-corrected chi connectivity index (χ0v) is 30.9. The number of likely N-dealkylation sites (N-methyl/N-ethyl adjacent to an activating group) is 2. The zero-order chi connectivity index (χ0) is 36.7. The Morgan fingerprint density at radius 2 is 1.06 bits per heavy atom. The standard InChI is InChI=1S/C42H52N2O8/c1-23(45)25-11-13-29-27(21-33-31-9-5-7-15-41(29,31)17-19-43(33)3)37(25)51-39(49)35(47)36(48)40(50)52-38-26(24(2)46)12-14-30-28(38)22-34-32-10-6-8-16-42(30,32)18-20-44(34)4/h11-14,31-36,47-48H,5-10,15-22H2,1-4H3/t31-,32-,33+,34+,35?,36?,41-,42-/m0/s1. The average molecular weight is 713 g/mol. The molecule has 4 aliphatic carbocycles. The number of Topliss-reactive ketones (excluding diaryl/α,β-unsaturated/α-hetero) is 2. The van der Waals surface area contributed by atoms with Gasteiger partial charge in [0.25, 0.3) is 0 Å². The molecule has 4 fully saturated rings. The van der Waals surface area contributed by atoms with Gasteiger partial charge in [-0.25, -0.2) is 9.59 Å². The molecule has 0 spiro atoms. The molecule has 2 unspecified atom stereocenters. The number of ketones is 2. The fourth-order valence-corrected chi connectivity index (χ4v) is 11.9. The first kappa shape index (κ1) is 35.6. The summed E-state index contributed by atoms with van der Waals surface area (Å²) in [5.74, 6) is -1.93. The van der Waals surface area contributed by atoms with Gasteiger partial charge in [-0.15, -0.1) is 0 Å². The molecule has 8 atom stereocenters. The van der Waals surface area contributed by atoms with E-state index in [0.717, 1.165) is 86.7 Å². The first-order valence-corrected chi connectivity index (χ1v) is 19.4. The van der Waals surface area contributed by atoms with Gasteiger partial charge in [0.2, 0.25) is 0 Å². The van der Waals surface area contributed by atoms with Crippen molar-refractivity contribution >= 4 is 23.5 Å². The van der Waals surface area contributed by atoms with Crippen molar-refractivity contribution in [3.05, 3.63) is 57.6 Å². The minimum absolute atomic E-state index is 0.0742. The van der Waals surface area contributed by atoms with Crippen LogP contribution in [0.4, 0.5) is 0 Å². The molecule has 2 aliphatic heterocycles. The van der Waals surface area contributed by atoms with Crippen LogP contribution in [0.25, 0.3) is 0 Å². The predicted octanol–water partition coefficient (Wildman–Crippen LogP) is 4.70. The first-order valence-electron chi connectivity index (χ1n) is 19.4. The van der Waals surface area contributed by atoms with Gasteiger partial charge in [-0.3, -0.25) is 9.59 Å². The minimum Gasteiger partial charge on any atom is -0.423 e. The van der Waals surface area contributed by atoms with E-state index in [4.69, 9.17) is 9.47 Å². The molecule has 2 N–H and O–H groups in total. The lowest BCUT2D eigenvalue weighted by Crippen LogP contribution is -2.60. The Morgan fingerprint density at radius 1 is 0.654 bits per heavy atom. The van der Waals surface area contributed by atoms with Crippen LogP contribution in [0.5, 0.6) is 11.5 Å². The first-order chi connectivity index (χ1) is 24.9. The molecule has 2 heterocycles. The highest BCUT2D eigenvalue weighted by Gasteiger charge is 2.55. The largest absolute Gasteiger partial charge is 0.423 e. The Hall–Kier alpha value is -3.44. The lowest BCUT2D eigenvalue weighted by Gasteiger charge is -2.58. The number of aliphatic hydroxyl groups is 2. The van der Waals surface area contributed by atoms with E-state index in [1.54, 1.807) is 12.1 Å². The van der Waals surface area contributed by atoms with Gasteiger partial charge >= 0.3 is 11.9 Å². The van der Waals surface area contributed by atoms with Crippen LogP contribution < -0.4 is 9.47 Å². The molecule has 8 rings (SSSR count). The normalized spacial score (nSPS) is 31.9. The third-order valence-electron chi connectivity index (χ3n) is 14.4. The number of hydrogen-bond acceptors (Lipinski definition) is 10. The van der Waals surface area contributed by atoms with Gasteiger partial charge in [-0.1, -0.05) is 37.8 Å². The van der Waals surface area contributed by atoms with Crippen LogP contribution in [0.1, 0.15) is 121 Å². The quantitative estimate of drug-likeness (QED) is 0.237. The molecule has 2 saturated carbocycles. The maximum absolute atomic E-state index is 13.7. The van der Waals surface area contributed by atoms with E-state index in [0.29, 0.717) is 24.7 Å². The molecule has 2 saturated heterocycles. The predicted molar refractivity (Wildman–Crippen MR) is 193 cm³/mol. The molecule has 2 aromatic rings. The molecule has 6 aliphatic rings. The Morgan fingerprint density at radius 3 is 1.44 bits per heavy atom. The summed E-state index contributed by atoms with van der Waals surface area (Å²) in [5.41, 5.74) is 4.08. The fourth-order valence-electron chi connectivity index (χ4n) is 11.9. The number of piperidine rings is 2. The topological polar surface area (TPSA) is 134 Å². The van der Waals surface area contributed by atoms with Crippen LogP contribution in [-0.2, 0) is 33.3 Å². The average Bonchev–Trinajstić information content (AvgIpc) is 3.13. The summed E-state index contributed by atoms with van der Waals surface area (Å²) in [6.07, 6.45) is 7.43. The second-order valence-electron chi connectivity index (χ2n) is 16.8. The maximum atomic E-state index is 13.7. The van der Waals surface area contributed by atoms with Gasteiger partial charge in [0, 0.05) is 34.0 Å². The highest BCUT2D eigenvalue weighted by molar-refractivity contribution is 6.00. The molecule has 0 aromatic heterocycles. The molecule has 10 heteroatoms. The van der Waals surface area contributed by atoms with Gasteiger partial charge in [0.05, 0.1) is 11.1 Å². The van der Waals surface area contributed by atoms with E-state index >= 15 is 0 Å². The number of esters is 2. The molecule has 4 bridgehead atoms. The molecule has 0 radical (unpaired) electrons. The van der Waals surface area contributed by atoms with Crippen molar-refractivity contribution in [2.24, 2.45) is 11.8 Å². The van der Waals surface area contributed by atoms with Crippen LogP contribution in [-0.4, -0.2) is 95.0 Å². The molecule has 278 valence electrons. The van der Waals surface area contributed by atoms with E-state index in [-0.39, 0.29) is 57.1 Å². The van der Waals surface area contributed by atoms with Crippen LogP contribution in [0.2, 0.25) is 0 Å². The van der Waals surface area contributed by atoms with Gasteiger partial charge in [0.1, 0.15) is 11.5 Å². The molecule has 2 aromatic carbocycles. The molecule has 52 heavy (non-hydrogen) atoms.